The Labute approximate surface area is 102 Å². The zero-order chi connectivity index (χ0) is 12.3. The van der Waals surface area contributed by atoms with Crippen LogP contribution < -0.4 is 5.73 Å². The molecule has 0 saturated heterocycles. The highest BCUT2D eigenvalue weighted by Gasteiger charge is 2.17. The van der Waals surface area contributed by atoms with E-state index in [-0.39, 0.29) is 5.56 Å². The fraction of sp³-hybridized carbons (Fsp3) is 0.333. The number of hydrogen-bond donors (Lipinski definition) is 1. The molecule has 1 aromatic rings. The lowest BCUT2D eigenvalue weighted by atomic mass is 9.98. The van der Waals surface area contributed by atoms with Crippen molar-refractivity contribution in [3.05, 3.63) is 46.0 Å². The highest BCUT2D eigenvalue weighted by molar-refractivity contribution is 9.10. The maximum atomic E-state index is 13.5. The van der Waals surface area contributed by atoms with Crippen LogP contribution in [-0.2, 0) is 0 Å². The van der Waals surface area contributed by atoms with Crippen molar-refractivity contribution in [2.75, 3.05) is 0 Å². The van der Waals surface area contributed by atoms with E-state index in [0.29, 0.717) is 10.9 Å². The van der Waals surface area contributed by atoms with Gasteiger partial charge in [-0.15, -0.1) is 0 Å². The number of halogens is 3. The molecule has 1 rings (SSSR count). The van der Waals surface area contributed by atoms with Gasteiger partial charge in [0.25, 0.3) is 0 Å². The molecule has 0 aliphatic rings. The van der Waals surface area contributed by atoms with Crippen LogP contribution in [0.2, 0.25) is 0 Å². The first-order chi connectivity index (χ1) is 7.45. The molecule has 0 aliphatic heterocycles. The molecule has 0 saturated carbocycles. The van der Waals surface area contributed by atoms with Crippen molar-refractivity contribution < 1.29 is 8.78 Å². The first-order valence-electron chi connectivity index (χ1n) is 5.02. The summed E-state index contributed by atoms with van der Waals surface area (Å²) in [5.41, 5.74) is 6.58. The number of rotatable bonds is 4. The Kier molecular flexibility index (Phi) is 4.62. The lowest BCUT2D eigenvalue weighted by Crippen LogP contribution is -2.15. The van der Waals surface area contributed by atoms with Crippen LogP contribution in [0.3, 0.4) is 0 Å². The van der Waals surface area contributed by atoms with Crippen LogP contribution in [0.4, 0.5) is 8.78 Å². The van der Waals surface area contributed by atoms with Gasteiger partial charge in [-0.2, -0.15) is 0 Å². The molecular formula is C12H14BrF2N. The molecule has 2 N–H and O–H groups in total. The molecule has 1 aromatic carbocycles. The van der Waals surface area contributed by atoms with Gasteiger partial charge in [-0.1, -0.05) is 35.0 Å². The molecule has 0 heterocycles. The third-order valence-corrected chi connectivity index (χ3v) is 2.88. The smallest absolute Gasteiger partial charge is 0.132 e. The van der Waals surface area contributed by atoms with Crippen molar-refractivity contribution in [1.82, 2.24) is 0 Å². The van der Waals surface area contributed by atoms with E-state index in [0.717, 1.165) is 12.0 Å². The first-order valence-corrected chi connectivity index (χ1v) is 5.81. The summed E-state index contributed by atoms with van der Waals surface area (Å²) in [5, 5.41) is 0. The summed E-state index contributed by atoms with van der Waals surface area (Å²) in [5.74, 6) is -1.24. The van der Waals surface area contributed by atoms with Crippen molar-refractivity contribution in [1.29, 1.82) is 0 Å². The van der Waals surface area contributed by atoms with Crippen molar-refractivity contribution in [3.8, 4) is 0 Å². The normalized spacial score (nSPS) is 12.6. The van der Waals surface area contributed by atoms with Gasteiger partial charge in [-0.05, 0) is 25.0 Å². The molecule has 0 spiro atoms. The average molecular weight is 290 g/mol. The van der Waals surface area contributed by atoms with Gasteiger partial charge in [0.2, 0.25) is 0 Å². The molecule has 0 fully saturated rings. The maximum absolute atomic E-state index is 13.5. The highest BCUT2D eigenvalue weighted by Crippen LogP contribution is 2.27. The molecule has 4 heteroatoms. The summed E-state index contributed by atoms with van der Waals surface area (Å²) in [6, 6.07) is 1.75. The molecular weight excluding hydrogens is 276 g/mol. The van der Waals surface area contributed by atoms with Gasteiger partial charge in [-0.25, -0.2) is 8.78 Å². The maximum Gasteiger partial charge on any atom is 0.132 e. The molecule has 0 aromatic heterocycles. The van der Waals surface area contributed by atoms with E-state index in [2.05, 4.69) is 22.5 Å². The van der Waals surface area contributed by atoms with Gasteiger partial charge in [0.1, 0.15) is 11.6 Å². The summed E-state index contributed by atoms with van der Waals surface area (Å²) in [6.45, 7) is 5.72. The van der Waals surface area contributed by atoms with Crippen LogP contribution in [0.1, 0.15) is 31.4 Å². The van der Waals surface area contributed by atoms with Gasteiger partial charge in [0.05, 0.1) is 0 Å². The second-order valence-corrected chi connectivity index (χ2v) is 4.61. The minimum absolute atomic E-state index is 0.0715. The topological polar surface area (TPSA) is 26.0 Å². The van der Waals surface area contributed by atoms with Crippen molar-refractivity contribution >= 4 is 15.9 Å². The SMILES string of the molecule is C=C(CC)CC(N)c1c(F)cc(Br)cc1F. The van der Waals surface area contributed by atoms with Gasteiger partial charge >= 0.3 is 0 Å². The third kappa shape index (κ3) is 3.12. The predicted molar refractivity (Wildman–Crippen MR) is 65.0 cm³/mol. The highest BCUT2D eigenvalue weighted by atomic mass is 79.9. The summed E-state index contributed by atoms with van der Waals surface area (Å²) in [6.07, 6.45) is 1.15. The summed E-state index contributed by atoms with van der Waals surface area (Å²) >= 11 is 3.02. The van der Waals surface area contributed by atoms with Crippen molar-refractivity contribution in [2.24, 2.45) is 5.73 Å². The molecule has 0 amide bonds. The van der Waals surface area contributed by atoms with E-state index in [9.17, 15) is 8.78 Å². The summed E-state index contributed by atoms with van der Waals surface area (Å²) in [7, 11) is 0. The molecule has 88 valence electrons. The minimum Gasteiger partial charge on any atom is -0.324 e. The quantitative estimate of drug-likeness (QED) is 0.831. The van der Waals surface area contributed by atoms with Gasteiger partial charge in [0, 0.05) is 16.1 Å². The van der Waals surface area contributed by atoms with Crippen LogP contribution in [0.15, 0.2) is 28.8 Å². The number of nitrogens with two attached hydrogens (primary N) is 1. The Hall–Kier alpha value is -0.740. The van der Waals surface area contributed by atoms with E-state index in [1.807, 2.05) is 6.92 Å². The Morgan fingerprint density at radius 2 is 1.94 bits per heavy atom. The zero-order valence-corrected chi connectivity index (χ0v) is 10.7. The van der Waals surface area contributed by atoms with Gasteiger partial charge < -0.3 is 5.73 Å². The summed E-state index contributed by atoms with van der Waals surface area (Å²) in [4.78, 5) is 0. The largest absolute Gasteiger partial charge is 0.324 e. The van der Waals surface area contributed by atoms with E-state index in [1.54, 1.807) is 0 Å². The lowest BCUT2D eigenvalue weighted by Gasteiger charge is -2.15. The number of hydrogen-bond acceptors (Lipinski definition) is 1. The fourth-order valence-corrected chi connectivity index (χ4v) is 1.87. The molecule has 0 radical (unpaired) electrons. The Balaban J connectivity index is 2.99. The van der Waals surface area contributed by atoms with Gasteiger partial charge in [-0.3, -0.25) is 0 Å². The zero-order valence-electron chi connectivity index (χ0n) is 9.06. The van der Waals surface area contributed by atoms with E-state index < -0.39 is 17.7 Å². The van der Waals surface area contributed by atoms with E-state index in [1.165, 1.54) is 12.1 Å². The average Bonchev–Trinajstić information content (AvgIpc) is 2.15. The Morgan fingerprint density at radius 3 is 2.38 bits per heavy atom. The molecule has 1 atom stereocenters. The van der Waals surface area contributed by atoms with Crippen molar-refractivity contribution in [3.63, 3.8) is 0 Å². The predicted octanol–water partition coefficient (Wildman–Crippen LogP) is 4.08. The monoisotopic (exact) mass is 289 g/mol. The van der Waals surface area contributed by atoms with Crippen LogP contribution in [-0.4, -0.2) is 0 Å². The van der Waals surface area contributed by atoms with Crippen LogP contribution in [0.5, 0.6) is 0 Å². The molecule has 0 aliphatic carbocycles. The van der Waals surface area contributed by atoms with E-state index >= 15 is 0 Å². The van der Waals surface area contributed by atoms with Crippen LogP contribution >= 0.6 is 15.9 Å². The standard InChI is InChI=1S/C12H14BrF2N/c1-3-7(2)4-11(16)12-9(14)5-8(13)6-10(12)15/h5-6,11H,2-4,16H2,1H3. The lowest BCUT2D eigenvalue weighted by molar-refractivity contribution is 0.521. The molecule has 1 nitrogen and oxygen atoms in total. The second kappa shape index (κ2) is 5.55. The fourth-order valence-electron chi connectivity index (χ4n) is 1.46. The second-order valence-electron chi connectivity index (χ2n) is 3.70. The molecule has 1 unspecified atom stereocenters. The Morgan fingerprint density at radius 1 is 1.44 bits per heavy atom. The third-order valence-electron chi connectivity index (χ3n) is 2.42. The molecule has 16 heavy (non-hydrogen) atoms. The minimum atomic E-state index is -0.680. The van der Waals surface area contributed by atoms with E-state index in [4.69, 9.17) is 5.73 Å². The van der Waals surface area contributed by atoms with Crippen LogP contribution in [0.25, 0.3) is 0 Å². The molecule has 0 bridgehead atoms. The summed E-state index contributed by atoms with van der Waals surface area (Å²) < 4.78 is 27.4. The number of benzene rings is 1. The van der Waals surface area contributed by atoms with Crippen LogP contribution in [0, 0.1) is 11.6 Å². The first kappa shape index (κ1) is 13.3. The Bertz CT molecular complexity index is 381. The van der Waals surface area contributed by atoms with Gasteiger partial charge in [0.15, 0.2) is 0 Å². The van der Waals surface area contributed by atoms with Crippen molar-refractivity contribution in [2.45, 2.75) is 25.8 Å².